The minimum atomic E-state index is -0.681. The van der Waals surface area contributed by atoms with Crippen LogP contribution in [-0.2, 0) is 0 Å². The number of nitrogens with zero attached hydrogens (tertiary/aromatic N) is 2. The molecule has 164 valence electrons. The molecule has 1 aromatic heterocycles. The molecule has 1 unspecified atom stereocenters. The molecule has 0 radical (unpaired) electrons. The number of benzene rings is 2. The number of nitrogens with one attached hydrogen (secondary N) is 1. The summed E-state index contributed by atoms with van der Waals surface area (Å²) in [6.07, 6.45) is 0.868. The van der Waals surface area contributed by atoms with Crippen molar-refractivity contribution >= 4 is 11.7 Å². The molecule has 5 rings (SSSR count). The molecule has 0 bridgehead atoms. The van der Waals surface area contributed by atoms with Crippen molar-refractivity contribution in [2.45, 2.75) is 18.4 Å². The SMILES string of the molecule is COc1ccc(OC)c(-c2cc(C(=O)N3CCC4(CC(=O)c5ccccc5O4)C3)[nH]n2)c1. The molecule has 8 nitrogen and oxygen atoms in total. The number of fused-ring (bicyclic) bond motifs is 1. The molecule has 1 amide bonds. The van der Waals surface area contributed by atoms with Crippen LogP contribution in [0.25, 0.3) is 11.3 Å². The Labute approximate surface area is 185 Å². The second kappa shape index (κ2) is 7.71. The van der Waals surface area contributed by atoms with Gasteiger partial charge in [-0.3, -0.25) is 14.7 Å². The number of aromatic nitrogens is 2. The molecule has 8 heteroatoms. The fraction of sp³-hybridized carbons (Fsp3) is 0.292. The van der Waals surface area contributed by atoms with E-state index in [-0.39, 0.29) is 18.1 Å². The molecule has 1 fully saturated rings. The molecular weight excluding hydrogens is 410 g/mol. The summed E-state index contributed by atoms with van der Waals surface area (Å²) in [5.41, 5.74) is 1.59. The number of rotatable bonds is 4. The Balaban J connectivity index is 1.36. The normalized spacial score (nSPS) is 19.6. The number of ketones is 1. The van der Waals surface area contributed by atoms with Crippen LogP contribution in [0.2, 0.25) is 0 Å². The summed E-state index contributed by atoms with van der Waals surface area (Å²) < 4.78 is 17.0. The van der Waals surface area contributed by atoms with Gasteiger partial charge in [0.15, 0.2) is 5.78 Å². The van der Waals surface area contributed by atoms with Gasteiger partial charge in [0.2, 0.25) is 0 Å². The van der Waals surface area contributed by atoms with Crippen LogP contribution in [0.15, 0.2) is 48.5 Å². The van der Waals surface area contributed by atoms with Gasteiger partial charge in [-0.1, -0.05) is 12.1 Å². The van der Waals surface area contributed by atoms with Crippen LogP contribution in [0, 0.1) is 0 Å². The number of carbonyl (C=O) groups excluding carboxylic acids is 2. The number of hydrogen-bond acceptors (Lipinski definition) is 6. The van der Waals surface area contributed by atoms with Gasteiger partial charge in [0, 0.05) is 18.5 Å². The maximum Gasteiger partial charge on any atom is 0.272 e. The van der Waals surface area contributed by atoms with Gasteiger partial charge < -0.3 is 19.1 Å². The van der Waals surface area contributed by atoms with E-state index in [1.54, 1.807) is 49.5 Å². The standard InChI is InChI=1S/C24H23N3O5/c1-30-15-7-8-21(31-2)17(11-15)18-12-19(26-25-18)23(29)27-10-9-24(14-27)13-20(28)16-5-3-4-6-22(16)32-24/h3-8,11-12H,9-10,13-14H2,1-2H3,(H,25,26). The minimum absolute atomic E-state index is 0.0510. The first-order chi connectivity index (χ1) is 15.5. The zero-order valence-corrected chi connectivity index (χ0v) is 17.9. The second-order valence-electron chi connectivity index (χ2n) is 8.09. The van der Waals surface area contributed by atoms with Gasteiger partial charge in [0.05, 0.1) is 38.4 Å². The van der Waals surface area contributed by atoms with Gasteiger partial charge >= 0.3 is 0 Å². The van der Waals surface area contributed by atoms with Gasteiger partial charge in [-0.05, 0) is 36.4 Å². The van der Waals surface area contributed by atoms with Crippen LogP contribution in [0.4, 0.5) is 0 Å². The van der Waals surface area contributed by atoms with Crippen molar-refractivity contribution in [2.24, 2.45) is 0 Å². The fourth-order valence-electron chi connectivity index (χ4n) is 4.44. The van der Waals surface area contributed by atoms with Crippen molar-refractivity contribution in [1.29, 1.82) is 0 Å². The average Bonchev–Trinajstić information content (AvgIpc) is 3.46. The fourth-order valence-corrected chi connectivity index (χ4v) is 4.44. The second-order valence-corrected chi connectivity index (χ2v) is 8.09. The number of amides is 1. The van der Waals surface area contributed by atoms with Crippen LogP contribution < -0.4 is 14.2 Å². The summed E-state index contributed by atoms with van der Waals surface area (Å²) in [5.74, 6) is 1.75. The molecule has 0 aliphatic carbocycles. The molecule has 1 atom stereocenters. The van der Waals surface area contributed by atoms with Crippen LogP contribution >= 0.6 is 0 Å². The van der Waals surface area contributed by atoms with E-state index < -0.39 is 5.60 Å². The predicted molar refractivity (Wildman–Crippen MR) is 116 cm³/mol. The largest absolute Gasteiger partial charge is 0.497 e. The number of hydrogen-bond donors (Lipinski definition) is 1. The van der Waals surface area contributed by atoms with Crippen LogP contribution in [-0.4, -0.2) is 59.7 Å². The lowest BCUT2D eigenvalue weighted by molar-refractivity contribution is 0.0427. The number of likely N-dealkylation sites (tertiary alicyclic amines) is 1. The first kappa shape index (κ1) is 20.1. The molecule has 3 aromatic rings. The number of ether oxygens (including phenoxy) is 3. The number of Topliss-reactive ketones (excluding diaryl/α,β-unsaturated/α-hetero) is 1. The number of aromatic amines is 1. The number of para-hydroxylation sites is 1. The van der Waals surface area contributed by atoms with Crippen molar-refractivity contribution in [3.8, 4) is 28.5 Å². The third kappa shape index (κ3) is 3.37. The lowest BCUT2D eigenvalue weighted by Gasteiger charge is -2.34. The number of carbonyl (C=O) groups is 2. The maximum atomic E-state index is 13.2. The molecule has 1 N–H and O–H groups in total. The predicted octanol–water partition coefficient (Wildman–Crippen LogP) is 3.34. The van der Waals surface area contributed by atoms with E-state index in [9.17, 15) is 9.59 Å². The summed E-state index contributed by atoms with van der Waals surface area (Å²) in [4.78, 5) is 27.5. The molecule has 32 heavy (non-hydrogen) atoms. The zero-order valence-electron chi connectivity index (χ0n) is 17.9. The summed E-state index contributed by atoms with van der Waals surface area (Å²) in [5, 5.41) is 7.16. The zero-order chi connectivity index (χ0) is 22.3. The van der Waals surface area contributed by atoms with E-state index in [0.717, 1.165) is 5.56 Å². The van der Waals surface area contributed by atoms with Crippen LogP contribution in [0.5, 0.6) is 17.2 Å². The van der Waals surface area contributed by atoms with E-state index in [2.05, 4.69) is 10.2 Å². The van der Waals surface area contributed by atoms with E-state index in [0.29, 0.717) is 53.7 Å². The van der Waals surface area contributed by atoms with E-state index in [4.69, 9.17) is 14.2 Å². The summed E-state index contributed by atoms with van der Waals surface area (Å²) in [6.45, 7) is 0.855. The number of H-pyrrole nitrogens is 1. The first-order valence-corrected chi connectivity index (χ1v) is 10.4. The highest BCUT2D eigenvalue weighted by molar-refractivity contribution is 6.00. The maximum absolute atomic E-state index is 13.2. The molecule has 3 heterocycles. The molecule has 2 aliphatic heterocycles. The van der Waals surface area contributed by atoms with Gasteiger partial charge in [0.1, 0.15) is 28.5 Å². The van der Waals surface area contributed by atoms with Gasteiger partial charge in [-0.2, -0.15) is 5.10 Å². The van der Waals surface area contributed by atoms with Gasteiger partial charge in [-0.25, -0.2) is 0 Å². The van der Waals surface area contributed by atoms with Gasteiger partial charge in [-0.15, -0.1) is 0 Å². The molecule has 2 aromatic carbocycles. The van der Waals surface area contributed by atoms with E-state index in [1.165, 1.54) is 0 Å². The lowest BCUT2D eigenvalue weighted by atomic mass is 9.89. The Bertz CT molecular complexity index is 1200. The Morgan fingerprint density at radius 1 is 1.12 bits per heavy atom. The topological polar surface area (TPSA) is 93.8 Å². The molecule has 0 saturated carbocycles. The first-order valence-electron chi connectivity index (χ1n) is 10.4. The van der Waals surface area contributed by atoms with Crippen LogP contribution in [0.3, 0.4) is 0 Å². The van der Waals surface area contributed by atoms with E-state index in [1.807, 2.05) is 18.2 Å². The van der Waals surface area contributed by atoms with Crippen molar-refractivity contribution in [3.05, 3.63) is 59.8 Å². The summed E-state index contributed by atoms with van der Waals surface area (Å²) in [7, 11) is 3.17. The lowest BCUT2D eigenvalue weighted by Crippen LogP contribution is -2.45. The molecule has 1 spiro atoms. The van der Waals surface area contributed by atoms with E-state index >= 15 is 0 Å². The van der Waals surface area contributed by atoms with Crippen molar-refractivity contribution in [3.63, 3.8) is 0 Å². The third-order valence-electron chi connectivity index (χ3n) is 6.09. The highest BCUT2D eigenvalue weighted by Gasteiger charge is 2.47. The minimum Gasteiger partial charge on any atom is -0.497 e. The molecule has 2 aliphatic rings. The van der Waals surface area contributed by atoms with Crippen molar-refractivity contribution in [2.75, 3.05) is 27.3 Å². The monoisotopic (exact) mass is 433 g/mol. The smallest absolute Gasteiger partial charge is 0.272 e. The van der Waals surface area contributed by atoms with Crippen molar-refractivity contribution < 1.29 is 23.8 Å². The third-order valence-corrected chi connectivity index (χ3v) is 6.09. The Hall–Kier alpha value is -3.81. The van der Waals surface area contributed by atoms with Crippen LogP contribution in [0.1, 0.15) is 33.7 Å². The molecule has 1 saturated heterocycles. The van der Waals surface area contributed by atoms with Gasteiger partial charge in [0.25, 0.3) is 5.91 Å². The highest BCUT2D eigenvalue weighted by Crippen LogP contribution is 2.39. The highest BCUT2D eigenvalue weighted by atomic mass is 16.5. The Morgan fingerprint density at radius 2 is 1.97 bits per heavy atom. The average molecular weight is 433 g/mol. The number of methoxy groups -OCH3 is 2. The Kier molecular flexibility index (Phi) is 4.84. The van der Waals surface area contributed by atoms with Crippen molar-refractivity contribution in [1.82, 2.24) is 15.1 Å². The summed E-state index contributed by atoms with van der Waals surface area (Å²) in [6, 6.07) is 14.4. The Morgan fingerprint density at radius 3 is 2.78 bits per heavy atom. The quantitative estimate of drug-likeness (QED) is 0.678. The molecular formula is C24H23N3O5. The summed E-state index contributed by atoms with van der Waals surface area (Å²) >= 11 is 0.